The summed E-state index contributed by atoms with van der Waals surface area (Å²) >= 11 is 0. The summed E-state index contributed by atoms with van der Waals surface area (Å²) in [5.74, 6) is -1.51. The van der Waals surface area contributed by atoms with E-state index in [0.29, 0.717) is 18.4 Å². The SMILES string of the molecule is CN1C(=O)N(CC(=O)O[C@H](C(=O)NC2CC2)c2ccccc2)C(=O)C12CCCCC2. The van der Waals surface area contributed by atoms with E-state index in [9.17, 15) is 19.2 Å². The minimum absolute atomic E-state index is 0.115. The molecule has 1 atom stereocenters. The van der Waals surface area contributed by atoms with Crippen LogP contribution in [-0.4, -0.2) is 58.8 Å². The molecule has 4 amide bonds. The highest BCUT2D eigenvalue weighted by Crippen LogP contribution is 2.39. The highest BCUT2D eigenvalue weighted by molar-refractivity contribution is 6.08. The Hall–Kier alpha value is -2.90. The van der Waals surface area contributed by atoms with E-state index in [1.165, 1.54) is 4.90 Å². The predicted molar refractivity (Wildman–Crippen MR) is 107 cm³/mol. The number of carbonyl (C=O) groups is 4. The molecule has 160 valence electrons. The lowest BCUT2D eigenvalue weighted by Gasteiger charge is -2.35. The van der Waals surface area contributed by atoms with Crippen LogP contribution in [0, 0.1) is 0 Å². The second kappa shape index (κ2) is 8.08. The van der Waals surface area contributed by atoms with Crippen LogP contribution in [0.3, 0.4) is 0 Å². The number of rotatable bonds is 6. The first-order chi connectivity index (χ1) is 14.4. The molecule has 0 aromatic heterocycles. The van der Waals surface area contributed by atoms with Gasteiger partial charge in [-0.1, -0.05) is 49.6 Å². The summed E-state index contributed by atoms with van der Waals surface area (Å²) in [6.45, 7) is -0.496. The first kappa shape index (κ1) is 20.4. The monoisotopic (exact) mass is 413 g/mol. The largest absolute Gasteiger partial charge is 0.446 e. The lowest BCUT2D eigenvalue weighted by molar-refractivity contribution is -0.158. The van der Waals surface area contributed by atoms with Crippen molar-refractivity contribution < 1.29 is 23.9 Å². The standard InChI is InChI=1S/C22H27N3O5/c1-24-21(29)25(20(28)22(24)12-6-3-7-13-22)14-17(26)30-18(15-8-4-2-5-9-15)19(27)23-16-10-11-16/h2,4-5,8-9,16,18H,3,6-7,10-14H2,1H3,(H,23,27)/t18-/m0/s1. The molecule has 4 rings (SSSR count). The second-order valence-electron chi connectivity index (χ2n) is 8.39. The molecule has 8 heteroatoms. The number of amides is 4. The van der Waals surface area contributed by atoms with Crippen molar-refractivity contribution in [2.24, 2.45) is 0 Å². The van der Waals surface area contributed by atoms with Crippen molar-refractivity contribution in [3.8, 4) is 0 Å². The Bertz CT molecular complexity index is 846. The fourth-order valence-electron chi connectivity index (χ4n) is 4.37. The number of benzene rings is 1. The van der Waals surface area contributed by atoms with Gasteiger partial charge in [0.15, 0.2) is 0 Å². The second-order valence-corrected chi connectivity index (χ2v) is 8.39. The Morgan fingerprint density at radius 3 is 2.43 bits per heavy atom. The van der Waals surface area contributed by atoms with Crippen LogP contribution in [0.2, 0.25) is 0 Å². The molecular weight excluding hydrogens is 386 g/mol. The van der Waals surface area contributed by atoms with Gasteiger partial charge < -0.3 is 15.0 Å². The van der Waals surface area contributed by atoms with E-state index in [1.807, 2.05) is 6.07 Å². The molecule has 1 spiro atoms. The van der Waals surface area contributed by atoms with Crippen molar-refractivity contribution in [3.63, 3.8) is 0 Å². The van der Waals surface area contributed by atoms with Crippen LogP contribution in [0.15, 0.2) is 30.3 Å². The topological polar surface area (TPSA) is 96.0 Å². The minimum atomic E-state index is -1.12. The molecule has 1 saturated heterocycles. The van der Waals surface area contributed by atoms with Gasteiger partial charge in [-0.3, -0.25) is 19.3 Å². The normalized spacial score (nSPS) is 21.6. The Morgan fingerprint density at radius 2 is 1.80 bits per heavy atom. The highest BCUT2D eigenvalue weighted by atomic mass is 16.5. The first-order valence-electron chi connectivity index (χ1n) is 10.6. The third-order valence-electron chi connectivity index (χ3n) is 6.28. The smallest absolute Gasteiger partial charge is 0.327 e. The van der Waals surface area contributed by atoms with Crippen LogP contribution < -0.4 is 5.32 Å². The number of hydrogen-bond acceptors (Lipinski definition) is 5. The molecule has 1 N–H and O–H groups in total. The van der Waals surface area contributed by atoms with Gasteiger partial charge in [0.2, 0.25) is 6.10 Å². The van der Waals surface area contributed by atoms with Gasteiger partial charge in [-0.05, 0) is 25.7 Å². The van der Waals surface area contributed by atoms with Gasteiger partial charge >= 0.3 is 12.0 Å². The quantitative estimate of drug-likeness (QED) is 0.569. The van der Waals surface area contributed by atoms with Gasteiger partial charge in [-0.15, -0.1) is 0 Å². The third kappa shape index (κ3) is 3.78. The highest BCUT2D eigenvalue weighted by Gasteiger charge is 2.56. The average molecular weight is 413 g/mol. The molecule has 3 aliphatic rings. The maximum Gasteiger partial charge on any atom is 0.327 e. The number of imide groups is 1. The molecular formula is C22H27N3O5. The van der Waals surface area contributed by atoms with Gasteiger partial charge in [-0.25, -0.2) is 4.79 Å². The van der Waals surface area contributed by atoms with Gasteiger partial charge in [0, 0.05) is 18.7 Å². The van der Waals surface area contributed by atoms with Gasteiger partial charge in [0.05, 0.1) is 0 Å². The van der Waals surface area contributed by atoms with Gasteiger partial charge in [-0.2, -0.15) is 0 Å². The van der Waals surface area contributed by atoms with Gasteiger partial charge in [0.1, 0.15) is 12.1 Å². The fourth-order valence-corrected chi connectivity index (χ4v) is 4.37. The summed E-state index contributed by atoms with van der Waals surface area (Å²) in [6, 6.07) is 8.37. The molecule has 8 nitrogen and oxygen atoms in total. The van der Waals surface area contributed by atoms with E-state index in [1.54, 1.807) is 31.3 Å². The Morgan fingerprint density at radius 1 is 1.13 bits per heavy atom. The molecule has 1 aromatic rings. The fraction of sp³-hybridized carbons (Fsp3) is 0.545. The van der Waals surface area contributed by atoms with Crippen LogP contribution in [-0.2, 0) is 19.1 Å². The number of hydrogen-bond donors (Lipinski definition) is 1. The van der Waals surface area contributed by atoms with Crippen molar-refractivity contribution >= 4 is 23.8 Å². The van der Waals surface area contributed by atoms with Crippen molar-refractivity contribution in [2.45, 2.75) is 62.6 Å². The number of urea groups is 1. The third-order valence-corrected chi connectivity index (χ3v) is 6.28. The van der Waals surface area contributed by atoms with E-state index in [2.05, 4.69) is 5.32 Å². The summed E-state index contributed by atoms with van der Waals surface area (Å²) in [7, 11) is 1.62. The van der Waals surface area contributed by atoms with Crippen molar-refractivity contribution in [2.75, 3.05) is 13.6 Å². The van der Waals surface area contributed by atoms with E-state index >= 15 is 0 Å². The zero-order chi connectivity index (χ0) is 21.3. The summed E-state index contributed by atoms with van der Waals surface area (Å²) < 4.78 is 5.48. The summed E-state index contributed by atoms with van der Waals surface area (Å²) in [5, 5.41) is 2.85. The average Bonchev–Trinajstić information content (AvgIpc) is 3.56. The number of esters is 1. The Balaban J connectivity index is 1.47. The molecule has 0 unspecified atom stereocenters. The van der Waals surface area contributed by atoms with Crippen LogP contribution in [0.5, 0.6) is 0 Å². The van der Waals surface area contributed by atoms with Crippen LogP contribution in [0.4, 0.5) is 4.79 Å². The molecule has 0 bridgehead atoms. The molecule has 1 heterocycles. The minimum Gasteiger partial charge on any atom is -0.446 e. The molecule has 3 fully saturated rings. The van der Waals surface area contributed by atoms with Crippen LogP contribution >= 0.6 is 0 Å². The molecule has 0 radical (unpaired) electrons. The molecule has 2 saturated carbocycles. The van der Waals surface area contributed by atoms with E-state index in [0.717, 1.165) is 37.0 Å². The zero-order valence-corrected chi connectivity index (χ0v) is 17.1. The molecule has 30 heavy (non-hydrogen) atoms. The van der Waals surface area contributed by atoms with E-state index in [-0.39, 0.29) is 11.9 Å². The van der Waals surface area contributed by atoms with Crippen LogP contribution in [0.25, 0.3) is 0 Å². The van der Waals surface area contributed by atoms with Crippen molar-refractivity contribution in [1.29, 1.82) is 0 Å². The van der Waals surface area contributed by atoms with Gasteiger partial charge in [0.25, 0.3) is 11.8 Å². The molecule has 1 aliphatic heterocycles. The lowest BCUT2D eigenvalue weighted by atomic mass is 9.81. The van der Waals surface area contributed by atoms with E-state index < -0.39 is 36.1 Å². The molecule has 2 aliphatic carbocycles. The zero-order valence-electron chi connectivity index (χ0n) is 17.1. The first-order valence-corrected chi connectivity index (χ1v) is 10.6. The summed E-state index contributed by atoms with van der Waals surface area (Å²) in [5.41, 5.74) is -0.304. The number of nitrogens with one attached hydrogen (secondary N) is 1. The Labute approximate surface area is 175 Å². The molecule has 1 aromatic carbocycles. The van der Waals surface area contributed by atoms with Crippen molar-refractivity contribution in [3.05, 3.63) is 35.9 Å². The van der Waals surface area contributed by atoms with Crippen molar-refractivity contribution in [1.82, 2.24) is 15.1 Å². The number of nitrogens with zero attached hydrogens (tertiary/aromatic N) is 2. The van der Waals surface area contributed by atoms with E-state index in [4.69, 9.17) is 4.74 Å². The summed E-state index contributed by atoms with van der Waals surface area (Å²) in [4.78, 5) is 53.5. The maximum atomic E-state index is 13.1. The number of likely N-dealkylation sites (N-methyl/N-ethyl adjacent to an activating group) is 1. The summed E-state index contributed by atoms with van der Waals surface area (Å²) in [6.07, 6.45) is 4.70. The van der Waals surface area contributed by atoms with Crippen LogP contribution in [0.1, 0.15) is 56.6 Å². The number of carbonyl (C=O) groups excluding carboxylic acids is 4. The maximum absolute atomic E-state index is 13.1. The lowest BCUT2D eigenvalue weighted by Crippen LogP contribution is -2.49. The number of ether oxygens (including phenoxy) is 1. The Kier molecular flexibility index (Phi) is 5.49. The predicted octanol–water partition coefficient (Wildman–Crippen LogP) is 2.15.